The molecule has 0 amide bonds. The third-order valence-corrected chi connectivity index (χ3v) is 8.35. The summed E-state index contributed by atoms with van der Waals surface area (Å²) in [5.74, 6) is 0.769. The van der Waals surface area contributed by atoms with Crippen molar-refractivity contribution in [2.24, 2.45) is 0 Å². The van der Waals surface area contributed by atoms with Crippen molar-refractivity contribution in [3.05, 3.63) is 35.6 Å². The Morgan fingerprint density at radius 1 is 1.31 bits per heavy atom. The molecular weight excluding hydrogens is 475 g/mol. The minimum absolute atomic E-state index is 0.0730. The largest absolute Gasteiger partial charge is 0.462 e. The number of nitriles is 1. The Kier molecular flexibility index (Phi) is 7.37. The fourth-order valence-electron chi connectivity index (χ4n) is 5.20. The van der Waals surface area contributed by atoms with Crippen LogP contribution in [0.4, 0.5) is 10.2 Å². The van der Waals surface area contributed by atoms with E-state index in [1.165, 1.54) is 23.8 Å². The van der Waals surface area contributed by atoms with Crippen LogP contribution in [0.1, 0.15) is 44.6 Å². The molecule has 2 aliphatic rings. The Morgan fingerprint density at radius 3 is 2.92 bits per heavy atom. The molecule has 1 unspecified atom stereocenters. The number of likely N-dealkylation sites (N-methyl/N-ethyl adjacent to an activating group) is 1. The average molecular weight is 509 g/mol. The summed E-state index contributed by atoms with van der Waals surface area (Å²) in [5.41, 5.74) is 2.38. The van der Waals surface area contributed by atoms with Gasteiger partial charge in [0, 0.05) is 42.2 Å². The lowest BCUT2D eigenvalue weighted by atomic mass is 9.96. The summed E-state index contributed by atoms with van der Waals surface area (Å²) in [7, 11) is 2.12. The number of hydrogen-bond donors (Lipinski definition) is 1. The second-order valence-electron chi connectivity index (χ2n) is 10.1. The molecule has 0 aliphatic carbocycles. The Bertz CT molecular complexity index is 1270. The molecule has 0 spiro atoms. The maximum Gasteiger partial charge on any atom is 0.319 e. The summed E-state index contributed by atoms with van der Waals surface area (Å²) in [5, 5.41) is 12.6. The number of rotatable bonds is 7. The van der Waals surface area contributed by atoms with Gasteiger partial charge in [-0.25, -0.2) is 4.39 Å². The van der Waals surface area contributed by atoms with E-state index in [0.29, 0.717) is 37.2 Å². The van der Waals surface area contributed by atoms with Crippen LogP contribution >= 0.6 is 11.3 Å². The van der Waals surface area contributed by atoms with Gasteiger partial charge in [-0.1, -0.05) is 26.0 Å². The fourth-order valence-corrected chi connectivity index (χ4v) is 6.39. The molecule has 0 saturated carbocycles. The van der Waals surface area contributed by atoms with Crippen LogP contribution in [-0.2, 0) is 0 Å². The lowest BCUT2D eigenvalue weighted by Gasteiger charge is -2.33. The third kappa shape index (κ3) is 5.03. The zero-order valence-electron chi connectivity index (χ0n) is 21.1. The van der Waals surface area contributed by atoms with Crippen LogP contribution in [0.15, 0.2) is 24.3 Å². The van der Waals surface area contributed by atoms with E-state index in [4.69, 9.17) is 14.7 Å². The summed E-state index contributed by atoms with van der Waals surface area (Å²) in [6, 6.07) is 10.3. The molecule has 4 heterocycles. The molecule has 1 N–H and O–H groups in total. The number of fused-ring (bicyclic) bond motifs is 1. The van der Waals surface area contributed by atoms with Gasteiger partial charge in [0.05, 0.1) is 22.7 Å². The number of piperazine rings is 1. The Balaban J connectivity index is 1.56. The van der Waals surface area contributed by atoms with Gasteiger partial charge in [0.15, 0.2) is 5.82 Å². The number of hydrogen-bond acceptors (Lipinski definition) is 8. The first kappa shape index (κ1) is 24.9. The summed E-state index contributed by atoms with van der Waals surface area (Å²) >= 11 is 1.53. The SMILES string of the molecule is CC(C)c1cccc(F)c1-c1cc2nc(OC[C@@H]3CCCN3C)nc(N3CCNC(CC#N)C3)c2s1. The van der Waals surface area contributed by atoms with E-state index in [0.717, 1.165) is 52.5 Å². The van der Waals surface area contributed by atoms with Crippen molar-refractivity contribution in [3.8, 4) is 22.5 Å². The van der Waals surface area contributed by atoms with Crippen molar-refractivity contribution in [1.29, 1.82) is 5.26 Å². The normalized spacial score (nSPS) is 20.8. The van der Waals surface area contributed by atoms with Gasteiger partial charge < -0.3 is 19.9 Å². The Morgan fingerprint density at radius 2 is 2.17 bits per heavy atom. The summed E-state index contributed by atoms with van der Waals surface area (Å²) < 4.78 is 22.2. The summed E-state index contributed by atoms with van der Waals surface area (Å²) in [6.07, 6.45) is 2.71. The monoisotopic (exact) mass is 508 g/mol. The summed E-state index contributed by atoms with van der Waals surface area (Å²) in [4.78, 5) is 15.0. The van der Waals surface area contributed by atoms with E-state index in [2.05, 4.69) is 42.1 Å². The standard InChI is InChI=1S/C27H33FN6OS/c1-17(2)20-7-4-8-21(28)24(20)23-14-22-25(36-23)26(34-13-11-30-18(15-34)9-10-29)32-27(31-22)35-16-19-6-5-12-33(19)3/h4,7-8,14,17-19,30H,5-6,9,11-13,15-16H2,1-3H3/t18?,19-/m0/s1. The molecular formula is C27H33FN6OS. The van der Waals surface area contributed by atoms with Crippen LogP contribution in [0.25, 0.3) is 20.7 Å². The van der Waals surface area contributed by atoms with Crippen LogP contribution in [0.5, 0.6) is 6.01 Å². The second-order valence-corrected chi connectivity index (χ2v) is 11.1. The van der Waals surface area contributed by atoms with E-state index in [9.17, 15) is 5.26 Å². The van der Waals surface area contributed by atoms with Gasteiger partial charge in [-0.3, -0.25) is 0 Å². The number of ether oxygens (including phenoxy) is 1. The molecule has 9 heteroatoms. The first-order valence-electron chi connectivity index (χ1n) is 12.7. The van der Waals surface area contributed by atoms with Crippen LogP contribution in [-0.4, -0.2) is 66.8 Å². The van der Waals surface area contributed by atoms with Gasteiger partial charge >= 0.3 is 6.01 Å². The zero-order valence-corrected chi connectivity index (χ0v) is 21.9. The number of aromatic nitrogens is 2. The number of anilines is 1. The topological polar surface area (TPSA) is 77.3 Å². The van der Waals surface area contributed by atoms with Crippen LogP contribution in [0.3, 0.4) is 0 Å². The zero-order chi connectivity index (χ0) is 25.2. The molecule has 0 radical (unpaired) electrons. The van der Waals surface area contributed by atoms with Gasteiger partial charge in [0.2, 0.25) is 0 Å². The predicted molar refractivity (Wildman–Crippen MR) is 142 cm³/mol. The molecule has 36 heavy (non-hydrogen) atoms. The maximum atomic E-state index is 15.1. The van der Waals surface area contributed by atoms with Crippen molar-refractivity contribution in [3.63, 3.8) is 0 Å². The highest BCUT2D eigenvalue weighted by Crippen LogP contribution is 2.42. The molecule has 5 rings (SSSR count). The molecule has 2 aliphatic heterocycles. The van der Waals surface area contributed by atoms with E-state index in [1.54, 1.807) is 6.07 Å². The fraction of sp³-hybridized carbons (Fsp3) is 0.519. The molecule has 3 aromatic rings. The van der Waals surface area contributed by atoms with Crippen LogP contribution < -0.4 is 15.0 Å². The third-order valence-electron chi connectivity index (χ3n) is 7.22. The smallest absolute Gasteiger partial charge is 0.319 e. The Hall–Kier alpha value is -2.80. The minimum atomic E-state index is -0.223. The van der Waals surface area contributed by atoms with E-state index < -0.39 is 0 Å². The molecule has 190 valence electrons. The maximum absolute atomic E-state index is 15.1. The van der Waals surface area contributed by atoms with Crippen molar-refractivity contribution >= 4 is 27.4 Å². The lowest BCUT2D eigenvalue weighted by Crippen LogP contribution is -2.50. The molecule has 0 bridgehead atoms. The number of benzene rings is 1. The van der Waals surface area contributed by atoms with Gasteiger partial charge in [0.25, 0.3) is 0 Å². The molecule has 1 aromatic carbocycles. The highest BCUT2D eigenvalue weighted by atomic mass is 32.1. The van der Waals surface area contributed by atoms with Crippen molar-refractivity contribution in [2.45, 2.75) is 51.1 Å². The lowest BCUT2D eigenvalue weighted by molar-refractivity contribution is 0.188. The van der Waals surface area contributed by atoms with Crippen LogP contribution in [0, 0.1) is 17.1 Å². The van der Waals surface area contributed by atoms with Crippen molar-refractivity contribution in [2.75, 3.05) is 44.7 Å². The number of thiophene rings is 1. The molecule has 2 saturated heterocycles. The number of nitrogens with zero attached hydrogens (tertiary/aromatic N) is 5. The Labute approximate surface area is 215 Å². The number of nitrogens with one attached hydrogen (secondary N) is 1. The van der Waals surface area contributed by atoms with E-state index in [1.807, 2.05) is 12.1 Å². The van der Waals surface area contributed by atoms with Crippen molar-refractivity contribution < 1.29 is 9.13 Å². The van der Waals surface area contributed by atoms with E-state index >= 15 is 4.39 Å². The summed E-state index contributed by atoms with van der Waals surface area (Å²) in [6.45, 7) is 8.00. The number of halogens is 1. The highest BCUT2D eigenvalue weighted by molar-refractivity contribution is 7.22. The molecule has 2 atom stereocenters. The van der Waals surface area contributed by atoms with Gasteiger partial charge in [-0.05, 0) is 50.0 Å². The van der Waals surface area contributed by atoms with Crippen LogP contribution in [0.2, 0.25) is 0 Å². The van der Waals surface area contributed by atoms with Gasteiger partial charge in [-0.15, -0.1) is 11.3 Å². The quantitative estimate of drug-likeness (QED) is 0.492. The van der Waals surface area contributed by atoms with Gasteiger partial charge in [0.1, 0.15) is 12.4 Å². The first-order valence-corrected chi connectivity index (χ1v) is 13.5. The first-order chi connectivity index (χ1) is 17.4. The molecule has 2 aromatic heterocycles. The highest BCUT2D eigenvalue weighted by Gasteiger charge is 2.27. The number of likely N-dealkylation sites (tertiary alicyclic amines) is 1. The van der Waals surface area contributed by atoms with Crippen molar-refractivity contribution in [1.82, 2.24) is 20.2 Å². The van der Waals surface area contributed by atoms with Gasteiger partial charge in [-0.2, -0.15) is 15.2 Å². The minimum Gasteiger partial charge on any atom is -0.462 e. The molecule has 7 nitrogen and oxygen atoms in total. The average Bonchev–Trinajstić information content (AvgIpc) is 3.48. The van der Waals surface area contributed by atoms with E-state index in [-0.39, 0.29) is 17.8 Å². The second kappa shape index (κ2) is 10.7. The predicted octanol–water partition coefficient (Wildman–Crippen LogP) is 4.79. The molecule has 2 fully saturated rings.